The molecule has 0 heterocycles. The molecule has 0 aromatic heterocycles. The Hall–Kier alpha value is -0.640. The lowest BCUT2D eigenvalue weighted by molar-refractivity contribution is -0.0955. The smallest absolute Gasteiger partial charge is 0.141 e. The molecule has 1 unspecified atom stereocenters. The largest absolute Gasteiger partial charge is 0.390 e. The van der Waals surface area contributed by atoms with Crippen LogP contribution in [-0.2, 0) is 11.2 Å². The quantitative estimate of drug-likeness (QED) is 0.881. The molecule has 0 radical (unpaired) electrons. The van der Waals surface area contributed by atoms with Crippen LogP contribution in [0.2, 0.25) is 5.02 Å². The molecule has 0 aliphatic carbocycles. The van der Waals surface area contributed by atoms with E-state index in [0.717, 1.165) is 5.56 Å². The maximum Gasteiger partial charge on any atom is 0.141 e. The molecular formula is C13H18ClFO2. The van der Waals surface area contributed by atoms with Crippen LogP contribution in [0.4, 0.5) is 4.39 Å². The molecule has 1 N–H and O–H groups in total. The summed E-state index contributed by atoms with van der Waals surface area (Å²) in [5.74, 6) is -0.450. The van der Waals surface area contributed by atoms with Gasteiger partial charge in [-0.05, 0) is 38.5 Å². The van der Waals surface area contributed by atoms with E-state index in [1.807, 2.05) is 20.8 Å². The predicted molar refractivity (Wildman–Crippen MR) is 66.8 cm³/mol. The van der Waals surface area contributed by atoms with Crippen LogP contribution in [0.1, 0.15) is 26.3 Å². The summed E-state index contributed by atoms with van der Waals surface area (Å²) in [7, 11) is 0. The second-order valence-electron chi connectivity index (χ2n) is 4.50. The van der Waals surface area contributed by atoms with E-state index in [-0.39, 0.29) is 5.02 Å². The molecule has 0 fully saturated rings. The van der Waals surface area contributed by atoms with Crippen molar-refractivity contribution in [2.45, 2.75) is 38.9 Å². The number of rotatable bonds is 5. The van der Waals surface area contributed by atoms with E-state index in [1.54, 1.807) is 6.07 Å². The van der Waals surface area contributed by atoms with Crippen LogP contribution in [0.3, 0.4) is 0 Å². The van der Waals surface area contributed by atoms with Gasteiger partial charge < -0.3 is 9.84 Å². The molecule has 1 atom stereocenters. The maximum absolute atomic E-state index is 13.0. The Balaban J connectivity index is 2.73. The Morgan fingerprint density at radius 2 is 2.12 bits per heavy atom. The van der Waals surface area contributed by atoms with Crippen LogP contribution < -0.4 is 0 Å². The minimum Gasteiger partial charge on any atom is -0.390 e. The molecule has 1 aromatic rings. The van der Waals surface area contributed by atoms with Crippen molar-refractivity contribution in [1.82, 2.24) is 0 Å². The van der Waals surface area contributed by atoms with E-state index >= 15 is 0 Å². The highest BCUT2D eigenvalue weighted by Gasteiger charge is 2.28. The van der Waals surface area contributed by atoms with Gasteiger partial charge in [-0.2, -0.15) is 0 Å². The standard InChI is InChI=1S/C13H18ClFO2/c1-4-17-13(2,3)12(16)8-9-5-6-11(15)10(14)7-9/h5-7,12,16H,4,8H2,1-3H3. The normalized spacial score (nSPS) is 13.8. The zero-order valence-electron chi connectivity index (χ0n) is 10.3. The first kappa shape index (κ1) is 14.4. The Morgan fingerprint density at radius 1 is 1.47 bits per heavy atom. The van der Waals surface area contributed by atoms with Gasteiger partial charge in [0.1, 0.15) is 5.82 Å². The van der Waals surface area contributed by atoms with Crippen molar-refractivity contribution in [3.8, 4) is 0 Å². The van der Waals surface area contributed by atoms with Gasteiger partial charge in [0.25, 0.3) is 0 Å². The van der Waals surface area contributed by atoms with Crippen molar-refractivity contribution in [2.24, 2.45) is 0 Å². The molecular weight excluding hydrogens is 243 g/mol. The van der Waals surface area contributed by atoms with Gasteiger partial charge in [0.2, 0.25) is 0 Å². The molecule has 0 saturated carbocycles. The third-order valence-corrected chi connectivity index (χ3v) is 3.02. The molecule has 0 spiro atoms. The average molecular weight is 261 g/mol. The summed E-state index contributed by atoms with van der Waals surface area (Å²) in [6.07, 6.45) is -0.281. The second kappa shape index (κ2) is 5.80. The molecule has 96 valence electrons. The highest BCUT2D eigenvalue weighted by molar-refractivity contribution is 6.30. The van der Waals surface area contributed by atoms with Crippen molar-refractivity contribution in [1.29, 1.82) is 0 Å². The zero-order chi connectivity index (χ0) is 13.1. The first-order valence-corrected chi connectivity index (χ1v) is 6.00. The van der Waals surface area contributed by atoms with Crippen molar-refractivity contribution in [3.63, 3.8) is 0 Å². The van der Waals surface area contributed by atoms with Crippen LogP contribution in [0.25, 0.3) is 0 Å². The van der Waals surface area contributed by atoms with Gasteiger partial charge in [-0.1, -0.05) is 17.7 Å². The van der Waals surface area contributed by atoms with Crippen molar-refractivity contribution in [3.05, 3.63) is 34.6 Å². The number of hydrogen-bond acceptors (Lipinski definition) is 2. The fourth-order valence-electron chi connectivity index (χ4n) is 1.60. The van der Waals surface area contributed by atoms with Gasteiger partial charge in [0.15, 0.2) is 0 Å². The van der Waals surface area contributed by atoms with Gasteiger partial charge in [0, 0.05) is 13.0 Å². The summed E-state index contributed by atoms with van der Waals surface area (Å²) in [5, 5.41) is 10.1. The maximum atomic E-state index is 13.0. The number of benzene rings is 1. The molecule has 1 aromatic carbocycles. The molecule has 0 saturated heterocycles. The Labute approximate surface area is 106 Å². The first-order valence-electron chi connectivity index (χ1n) is 5.62. The van der Waals surface area contributed by atoms with E-state index in [9.17, 15) is 9.50 Å². The SMILES string of the molecule is CCOC(C)(C)C(O)Cc1ccc(F)c(Cl)c1. The minimum absolute atomic E-state index is 0.0731. The van der Waals surface area contributed by atoms with Crippen molar-refractivity contribution < 1.29 is 14.2 Å². The molecule has 0 bridgehead atoms. The average Bonchev–Trinajstić information content (AvgIpc) is 2.23. The summed E-state index contributed by atoms with van der Waals surface area (Å²) in [4.78, 5) is 0. The number of hydrogen-bond donors (Lipinski definition) is 1. The van der Waals surface area contributed by atoms with Crippen LogP contribution >= 0.6 is 11.6 Å². The van der Waals surface area contributed by atoms with E-state index in [4.69, 9.17) is 16.3 Å². The fourth-order valence-corrected chi connectivity index (χ4v) is 1.81. The lowest BCUT2D eigenvalue weighted by Crippen LogP contribution is -2.40. The summed E-state index contributed by atoms with van der Waals surface area (Å²) < 4.78 is 18.4. The van der Waals surface area contributed by atoms with Crippen molar-refractivity contribution in [2.75, 3.05) is 6.61 Å². The summed E-state index contributed by atoms with van der Waals surface area (Å²) >= 11 is 5.68. The Kier molecular flexibility index (Phi) is 4.92. The molecule has 0 aliphatic heterocycles. The van der Waals surface area contributed by atoms with E-state index in [2.05, 4.69) is 0 Å². The van der Waals surface area contributed by atoms with E-state index < -0.39 is 17.5 Å². The molecule has 17 heavy (non-hydrogen) atoms. The monoisotopic (exact) mass is 260 g/mol. The number of aliphatic hydroxyl groups excluding tert-OH is 1. The van der Waals surface area contributed by atoms with Gasteiger partial charge in [-0.25, -0.2) is 4.39 Å². The second-order valence-corrected chi connectivity index (χ2v) is 4.91. The number of halogens is 2. The van der Waals surface area contributed by atoms with Gasteiger partial charge in [0.05, 0.1) is 16.7 Å². The number of aliphatic hydroxyl groups is 1. The third kappa shape index (κ3) is 3.95. The zero-order valence-corrected chi connectivity index (χ0v) is 11.1. The van der Waals surface area contributed by atoms with Gasteiger partial charge >= 0.3 is 0 Å². The summed E-state index contributed by atoms with van der Waals surface area (Å²) in [6, 6.07) is 4.45. The number of ether oxygens (including phenoxy) is 1. The first-order chi connectivity index (χ1) is 7.86. The molecule has 1 rings (SSSR count). The van der Waals surface area contributed by atoms with Gasteiger partial charge in [-0.3, -0.25) is 0 Å². The Morgan fingerprint density at radius 3 is 2.65 bits per heavy atom. The molecule has 2 nitrogen and oxygen atoms in total. The molecule has 0 amide bonds. The highest BCUT2D eigenvalue weighted by Crippen LogP contribution is 2.22. The summed E-state index contributed by atoms with van der Waals surface area (Å²) in [5.41, 5.74) is 0.159. The van der Waals surface area contributed by atoms with E-state index in [1.165, 1.54) is 12.1 Å². The minimum atomic E-state index is -0.663. The topological polar surface area (TPSA) is 29.5 Å². The van der Waals surface area contributed by atoms with Gasteiger partial charge in [-0.15, -0.1) is 0 Å². The predicted octanol–water partition coefficient (Wildman–Crippen LogP) is 3.20. The van der Waals surface area contributed by atoms with Crippen LogP contribution in [-0.4, -0.2) is 23.4 Å². The summed E-state index contributed by atoms with van der Waals surface area (Å²) in [6.45, 7) is 6.07. The molecule has 4 heteroatoms. The lowest BCUT2D eigenvalue weighted by Gasteiger charge is -2.30. The third-order valence-electron chi connectivity index (χ3n) is 2.73. The van der Waals surface area contributed by atoms with Crippen LogP contribution in [0.15, 0.2) is 18.2 Å². The van der Waals surface area contributed by atoms with E-state index in [0.29, 0.717) is 13.0 Å². The fraction of sp³-hybridized carbons (Fsp3) is 0.538. The Bertz CT molecular complexity index is 380. The lowest BCUT2D eigenvalue weighted by atomic mass is 9.95. The molecule has 0 aliphatic rings. The van der Waals surface area contributed by atoms with Crippen LogP contribution in [0, 0.1) is 5.82 Å². The van der Waals surface area contributed by atoms with Crippen LogP contribution in [0.5, 0.6) is 0 Å². The van der Waals surface area contributed by atoms with Crippen molar-refractivity contribution >= 4 is 11.6 Å². The highest BCUT2D eigenvalue weighted by atomic mass is 35.5.